The molecule has 0 aliphatic heterocycles. The molecule has 0 aromatic heterocycles. The quantitative estimate of drug-likeness (QED) is 0.186. The Morgan fingerprint density at radius 3 is 1.20 bits per heavy atom. The van der Waals surface area contributed by atoms with Gasteiger partial charge in [0.05, 0.1) is 36.3 Å². The fourth-order valence-corrected chi connectivity index (χ4v) is 4.02. The molecule has 0 heterocycles. The fourth-order valence-electron chi connectivity index (χ4n) is 4.02. The number of unbranched alkanes of at least 4 members (excludes halogenated alkanes) is 2. The van der Waals surface area contributed by atoms with Crippen molar-refractivity contribution < 1.29 is 38.9 Å². The summed E-state index contributed by atoms with van der Waals surface area (Å²) < 4.78 is 10.5. The first kappa shape index (κ1) is 38.9. The maximum Gasteiger partial charge on any atom is 2.00 e. The van der Waals surface area contributed by atoms with E-state index in [9.17, 15) is 29.4 Å². The third kappa shape index (κ3) is 14.6. The molecule has 2 aromatic carbocycles. The molecule has 0 aliphatic carbocycles. The third-order valence-electron chi connectivity index (χ3n) is 6.72. The van der Waals surface area contributed by atoms with E-state index in [0.717, 1.165) is 51.4 Å². The smallest absolute Gasteiger partial charge is 0.545 e. The first-order valence-corrected chi connectivity index (χ1v) is 14.1. The predicted octanol–water partition coefficient (Wildman–Crippen LogP) is 4.47. The fraction of sp³-hybridized carbons (Fsp3) is 0.500. The van der Waals surface area contributed by atoms with Gasteiger partial charge in [-0.25, -0.2) is 9.59 Å². The second-order valence-corrected chi connectivity index (χ2v) is 9.70. The number of benzene rings is 2. The maximum atomic E-state index is 12.0. The number of rotatable bonds is 16. The van der Waals surface area contributed by atoms with Gasteiger partial charge in [-0.05, 0) is 36.8 Å². The van der Waals surface area contributed by atoms with Crippen LogP contribution in [-0.2, 0) is 9.47 Å². The summed E-state index contributed by atoms with van der Waals surface area (Å²) in [6, 6.07) is 11.9. The normalized spacial score (nSPS) is 11.6. The van der Waals surface area contributed by atoms with Crippen LogP contribution in [0.4, 0.5) is 0 Å². The molecule has 41 heavy (non-hydrogen) atoms. The van der Waals surface area contributed by atoms with Crippen LogP contribution in [0.15, 0.2) is 48.5 Å². The largest absolute Gasteiger partial charge is 2.00 e. The van der Waals surface area contributed by atoms with E-state index in [4.69, 9.17) is 9.47 Å². The van der Waals surface area contributed by atoms with Crippen LogP contribution in [0.5, 0.6) is 0 Å². The minimum absolute atomic E-state index is 0. The second kappa shape index (κ2) is 22.5. The van der Waals surface area contributed by atoms with Crippen molar-refractivity contribution in [3.05, 3.63) is 70.8 Å². The maximum absolute atomic E-state index is 12.0. The van der Waals surface area contributed by atoms with Gasteiger partial charge in [-0.1, -0.05) is 103 Å². The number of ether oxygens (including phenoxy) is 2. The van der Waals surface area contributed by atoms with Gasteiger partial charge < -0.3 is 29.3 Å². The number of carboxylic acid groups (broad SMARTS) is 2. The molecular formula is C32H42BaO8. The molecule has 2 rings (SSSR count). The third-order valence-corrected chi connectivity index (χ3v) is 6.72. The summed E-state index contributed by atoms with van der Waals surface area (Å²) in [7, 11) is 0. The summed E-state index contributed by atoms with van der Waals surface area (Å²) >= 11 is 0. The summed E-state index contributed by atoms with van der Waals surface area (Å²) in [5.74, 6) is -3.27. The van der Waals surface area contributed by atoms with Gasteiger partial charge in [0, 0.05) is 11.1 Å². The van der Waals surface area contributed by atoms with Gasteiger partial charge in [-0.2, -0.15) is 0 Å². The van der Waals surface area contributed by atoms with Crippen molar-refractivity contribution in [1.82, 2.24) is 0 Å². The average Bonchev–Trinajstić information content (AvgIpc) is 2.97. The molecule has 0 N–H and O–H groups in total. The molecule has 0 spiro atoms. The first-order valence-electron chi connectivity index (χ1n) is 14.1. The van der Waals surface area contributed by atoms with Crippen molar-refractivity contribution in [2.75, 3.05) is 13.2 Å². The number of aromatic carboxylic acids is 2. The Balaban J connectivity index is 0.000000762. The van der Waals surface area contributed by atoms with Gasteiger partial charge in [0.1, 0.15) is 0 Å². The Hall–Kier alpha value is -2.11. The molecule has 2 atom stereocenters. The summed E-state index contributed by atoms with van der Waals surface area (Å²) in [5.41, 5.74) is -0.145. The standard InChI is InChI=1S/2C16H22O4.Ba/c2*1-3-5-8-12(4-2)11-20-16(19)14-10-7-6-9-13(14)15(17)18;/h2*6-7,9-10,12H,3-5,8,11H2,1-2H3,(H,17,18);/q;;+2/p-2. The van der Waals surface area contributed by atoms with E-state index in [1.165, 1.54) is 24.3 Å². The Morgan fingerprint density at radius 1 is 0.610 bits per heavy atom. The number of carbonyl (C=O) groups is 4. The van der Waals surface area contributed by atoms with E-state index < -0.39 is 23.9 Å². The number of esters is 2. The van der Waals surface area contributed by atoms with Gasteiger partial charge in [0.2, 0.25) is 0 Å². The SMILES string of the molecule is CCCCC(CC)COC(=O)c1ccccc1C(=O)[O-].CCCCC(CC)COC(=O)c1ccccc1C(=O)[O-].[Ba+2]. The molecule has 0 amide bonds. The zero-order valence-corrected chi connectivity index (χ0v) is 29.3. The van der Waals surface area contributed by atoms with Crippen LogP contribution < -0.4 is 10.2 Å². The van der Waals surface area contributed by atoms with E-state index in [1.807, 2.05) is 0 Å². The van der Waals surface area contributed by atoms with Crippen LogP contribution in [0, 0.1) is 11.8 Å². The second-order valence-electron chi connectivity index (χ2n) is 9.70. The molecule has 0 bridgehead atoms. The van der Waals surface area contributed by atoms with E-state index in [2.05, 4.69) is 27.7 Å². The molecule has 2 unspecified atom stereocenters. The molecule has 0 saturated heterocycles. The number of carbonyl (C=O) groups excluding carboxylic acids is 4. The number of hydrogen-bond donors (Lipinski definition) is 0. The van der Waals surface area contributed by atoms with E-state index in [0.29, 0.717) is 25.0 Å². The Bertz CT molecular complexity index is 999. The molecule has 0 saturated carbocycles. The van der Waals surface area contributed by atoms with Crippen LogP contribution in [0.2, 0.25) is 0 Å². The van der Waals surface area contributed by atoms with Crippen molar-refractivity contribution in [3.8, 4) is 0 Å². The molecular weight excluding hydrogens is 650 g/mol. The van der Waals surface area contributed by atoms with Gasteiger partial charge in [-0.3, -0.25) is 0 Å². The monoisotopic (exact) mass is 692 g/mol. The summed E-state index contributed by atoms with van der Waals surface area (Å²) in [6.45, 7) is 9.02. The molecule has 8 nitrogen and oxygen atoms in total. The van der Waals surface area contributed by atoms with Crippen LogP contribution in [0.25, 0.3) is 0 Å². The van der Waals surface area contributed by atoms with Crippen molar-refractivity contribution in [1.29, 1.82) is 0 Å². The molecule has 2 aromatic rings. The minimum atomic E-state index is -1.37. The Labute approximate surface area is 284 Å². The van der Waals surface area contributed by atoms with Crippen molar-refractivity contribution >= 4 is 72.8 Å². The first-order chi connectivity index (χ1) is 19.2. The average molecular weight is 692 g/mol. The molecule has 9 heteroatoms. The molecule has 220 valence electrons. The van der Waals surface area contributed by atoms with E-state index >= 15 is 0 Å². The summed E-state index contributed by atoms with van der Waals surface area (Å²) in [6.07, 6.45) is 8.34. The van der Waals surface area contributed by atoms with Gasteiger partial charge in [0.25, 0.3) is 0 Å². The van der Waals surface area contributed by atoms with E-state index in [1.54, 1.807) is 24.3 Å². The summed E-state index contributed by atoms with van der Waals surface area (Å²) in [4.78, 5) is 45.8. The van der Waals surface area contributed by atoms with Crippen molar-refractivity contribution in [3.63, 3.8) is 0 Å². The van der Waals surface area contributed by atoms with Crippen molar-refractivity contribution in [2.24, 2.45) is 11.8 Å². The van der Waals surface area contributed by atoms with Crippen LogP contribution >= 0.6 is 0 Å². The van der Waals surface area contributed by atoms with E-state index in [-0.39, 0.29) is 71.1 Å². The molecule has 0 aliphatic rings. The zero-order valence-electron chi connectivity index (χ0n) is 24.8. The van der Waals surface area contributed by atoms with Crippen LogP contribution in [0.1, 0.15) is 120 Å². The molecule has 0 fully saturated rings. The zero-order chi connectivity index (χ0) is 29.9. The Morgan fingerprint density at radius 2 is 0.927 bits per heavy atom. The Kier molecular flexibility index (Phi) is 21.3. The molecule has 0 radical (unpaired) electrons. The van der Waals surface area contributed by atoms with Crippen LogP contribution in [-0.4, -0.2) is 86.0 Å². The van der Waals surface area contributed by atoms with Gasteiger partial charge in [-0.15, -0.1) is 0 Å². The van der Waals surface area contributed by atoms with Gasteiger partial charge in [0.15, 0.2) is 0 Å². The van der Waals surface area contributed by atoms with Crippen LogP contribution in [0.3, 0.4) is 0 Å². The topological polar surface area (TPSA) is 133 Å². The summed E-state index contributed by atoms with van der Waals surface area (Å²) in [5, 5.41) is 21.9. The number of hydrogen-bond acceptors (Lipinski definition) is 8. The van der Waals surface area contributed by atoms with Crippen molar-refractivity contribution in [2.45, 2.75) is 79.1 Å². The predicted molar refractivity (Wildman–Crippen MR) is 154 cm³/mol. The number of carboxylic acids is 2. The minimum Gasteiger partial charge on any atom is -0.545 e. The van der Waals surface area contributed by atoms with Gasteiger partial charge >= 0.3 is 60.8 Å².